The number of carbonyl (C=O) groups excluding carboxylic acids is 1. The molecule has 0 radical (unpaired) electrons. The summed E-state index contributed by atoms with van der Waals surface area (Å²) < 4.78 is 6.95. The van der Waals surface area contributed by atoms with Gasteiger partial charge in [-0.1, -0.05) is 24.3 Å². The van der Waals surface area contributed by atoms with E-state index in [0.29, 0.717) is 46.3 Å². The molecule has 4 aromatic rings. The van der Waals surface area contributed by atoms with E-state index < -0.39 is 0 Å². The molecule has 0 bridgehead atoms. The van der Waals surface area contributed by atoms with Gasteiger partial charge >= 0.3 is 0 Å². The average molecular weight is 577 g/mol. The molecular weight excluding hydrogens is 548 g/mol. The maximum atomic E-state index is 13.9. The van der Waals surface area contributed by atoms with Gasteiger partial charge in [-0.3, -0.25) is 9.78 Å². The van der Waals surface area contributed by atoms with Gasteiger partial charge in [0.1, 0.15) is 22.6 Å². The zero-order chi connectivity index (χ0) is 29.5. The average Bonchev–Trinajstić information content (AvgIpc) is 3.44. The summed E-state index contributed by atoms with van der Waals surface area (Å²) in [5.41, 5.74) is 4.19. The lowest BCUT2D eigenvalue weighted by molar-refractivity contribution is 0.105. The van der Waals surface area contributed by atoms with E-state index in [-0.39, 0.29) is 24.6 Å². The number of hydrogen-bond acceptors (Lipinski definition) is 9. The Morgan fingerprint density at radius 2 is 1.74 bits per heavy atom. The number of hydrogen-bond donors (Lipinski definition) is 2. The second-order valence-corrected chi connectivity index (χ2v) is 10.5. The van der Waals surface area contributed by atoms with E-state index in [9.17, 15) is 20.3 Å². The summed E-state index contributed by atoms with van der Waals surface area (Å²) in [6.45, 7) is 2.51. The van der Waals surface area contributed by atoms with Crippen LogP contribution in [0.2, 0.25) is 0 Å². The molecule has 0 fully saturated rings. The first-order valence-corrected chi connectivity index (χ1v) is 14.1. The number of aliphatic hydroxyl groups is 2. The maximum Gasteiger partial charge on any atom is 0.196 e. The molecule has 5 rings (SSSR count). The van der Waals surface area contributed by atoms with E-state index in [2.05, 4.69) is 11.1 Å². The lowest BCUT2D eigenvalue weighted by Crippen LogP contribution is -2.29. The van der Waals surface area contributed by atoms with Gasteiger partial charge in [-0.2, -0.15) is 5.26 Å². The third-order valence-corrected chi connectivity index (χ3v) is 7.63. The summed E-state index contributed by atoms with van der Waals surface area (Å²) in [6.07, 6.45) is 8.37. The molecule has 1 aliphatic rings. The smallest absolute Gasteiger partial charge is 0.196 e. The molecule has 0 saturated heterocycles. The Labute approximate surface area is 247 Å². The van der Waals surface area contributed by atoms with Gasteiger partial charge in [0, 0.05) is 36.7 Å². The predicted molar refractivity (Wildman–Crippen MR) is 164 cm³/mol. The highest BCUT2D eigenvalue weighted by Gasteiger charge is 2.24. The molecule has 3 heterocycles. The number of ketones is 1. The van der Waals surface area contributed by atoms with Gasteiger partial charge < -0.3 is 19.8 Å². The van der Waals surface area contributed by atoms with Gasteiger partial charge in [-0.25, -0.2) is 4.98 Å². The van der Waals surface area contributed by atoms with Crippen LogP contribution in [-0.2, 0) is 4.74 Å². The summed E-state index contributed by atoms with van der Waals surface area (Å²) in [6, 6.07) is 20.8. The third-order valence-electron chi connectivity index (χ3n) is 6.58. The van der Waals surface area contributed by atoms with Gasteiger partial charge in [-0.15, -0.1) is 11.3 Å². The molecular formula is C33H28N4O4S. The molecule has 0 unspecified atom stereocenters. The normalized spacial score (nSPS) is 14.5. The zero-order valence-electron chi connectivity index (χ0n) is 22.9. The summed E-state index contributed by atoms with van der Waals surface area (Å²) in [5, 5.41) is 29.4. The van der Waals surface area contributed by atoms with Gasteiger partial charge in [0.15, 0.2) is 5.78 Å². The monoisotopic (exact) mass is 576 g/mol. The minimum Gasteiger partial charge on any atom is -0.461 e. The Balaban J connectivity index is 1.58. The lowest BCUT2D eigenvalue weighted by Gasteiger charge is -2.23. The van der Waals surface area contributed by atoms with Crippen molar-refractivity contribution in [3.63, 3.8) is 0 Å². The fourth-order valence-corrected chi connectivity index (χ4v) is 5.64. The third kappa shape index (κ3) is 6.37. The van der Waals surface area contributed by atoms with E-state index in [1.54, 1.807) is 49.7 Å². The van der Waals surface area contributed by atoms with Crippen molar-refractivity contribution in [2.45, 2.75) is 6.92 Å². The molecule has 0 spiro atoms. The highest BCUT2D eigenvalue weighted by atomic mass is 32.1. The van der Waals surface area contributed by atoms with E-state index in [4.69, 9.17) is 9.72 Å². The molecule has 42 heavy (non-hydrogen) atoms. The number of aliphatic hydroxyl groups excluding tert-OH is 2. The second kappa shape index (κ2) is 13.2. The van der Waals surface area contributed by atoms with E-state index in [1.165, 1.54) is 11.3 Å². The molecule has 9 heteroatoms. The number of pyridine rings is 1. The van der Waals surface area contributed by atoms with Crippen LogP contribution in [0.1, 0.15) is 27.9 Å². The number of ether oxygens (including phenoxy) is 1. The Hall–Kier alpha value is -4.88. The number of allylic oxidation sites excluding steroid dienone is 6. The number of carbonyl (C=O) groups is 1. The van der Waals surface area contributed by atoms with Crippen molar-refractivity contribution in [1.82, 2.24) is 9.97 Å². The highest BCUT2D eigenvalue weighted by Crippen LogP contribution is 2.35. The van der Waals surface area contributed by atoms with Crippen molar-refractivity contribution in [3.8, 4) is 6.07 Å². The Bertz CT molecular complexity index is 1720. The van der Waals surface area contributed by atoms with Crippen LogP contribution in [0, 0.1) is 11.3 Å². The van der Waals surface area contributed by atoms with Crippen LogP contribution in [0.5, 0.6) is 0 Å². The van der Waals surface area contributed by atoms with Crippen molar-refractivity contribution in [2.24, 2.45) is 0 Å². The van der Waals surface area contributed by atoms with E-state index in [1.807, 2.05) is 53.4 Å². The van der Waals surface area contributed by atoms with E-state index >= 15 is 0 Å². The largest absolute Gasteiger partial charge is 0.461 e. The minimum absolute atomic E-state index is 0.0306. The molecule has 0 saturated carbocycles. The Morgan fingerprint density at radius 3 is 2.40 bits per heavy atom. The number of benzene rings is 2. The first kappa shape index (κ1) is 28.6. The number of nitriles is 1. The molecule has 0 amide bonds. The van der Waals surface area contributed by atoms with Crippen LogP contribution in [0.3, 0.4) is 0 Å². The molecule has 2 aromatic heterocycles. The van der Waals surface area contributed by atoms with Crippen LogP contribution in [0.15, 0.2) is 108 Å². The fraction of sp³-hybridized carbons (Fsp3) is 0.152. The molecule has 210 valence electrons. The van der Waals surface area contributed by atoms with Crippen molar-refractivity contribution in [1.29, 1.82) is 5.26 Å². The van der Waals surface area contributed by atoms with Gasteiger partial charge in [0.05, 0.1) is 34.6 Å². The number of Topliss-reactive ketones (excluding diaryl/α,β-unsaturated/α-hetero) is 1. The second-order valence-electron chi connectivity index (χ2n) is 9.44. The molecule has 2 aromatic carbocycles. The number of anilines is 1. The van der Waals surface area contributed by atoms with Crippen LogP contribution in [0.25, 0.3) is 21.9 Å². The molecule has 1 aliphatic heterocycles. The summed E-state index contributed by atoms with van der Waals surface area (Å²) in [5.74, 6) is 0.644. The molecule has 0 aliphatic carbocycles. The summed E-state index contributed by atoms with van der Waals surface area (Å²) in [4.78, 5) is 24.6. The quantitative estimate of drug-likeness (QED) is 0.143. The minimum atomic E-state index is -0.207. The topological polar surface area (TPSA) is 120 Å². The first-order valence-electron chi connectivity index (χ1n) is 13.3. The van der Waals surface area contributed by atoms with Gasteiger partial charge in [0.2, 0.25) is 0 Å². The molecule has 2 N–H and O–H groups in total. The van der Waals surface area contributed by atoms with E-state index in [0.717, 1.165) is 21.5 Å². The number of fused-ring (bicyclic) bond motifs is 1. The fourth-order valence-electron chi connectivity index (χ4n) is 4.61. The number of para-hydroxylation sites is 1. The Morgan fingerprint density at radius 1 is 1.02 bits per heavy atom. The number of rotatable bonds is 10. The summed E-state index contributed by atoms with van der Waals surface area (Å²) in [7, 11) is 0. The molecule has 0 atom stereocenters. The number of aromatic nitrogens is 2. The number of thiazole rings is 1. The van der Waals surface area contributed by atoms with Crippen LogP contribution >= 0.6 is 11.3 Å². The SMILES string of the molecule is CC1=CC(=C(C(=O)c2ccncc2)c2nc3ccccc3s2)C=C(C(C#N)=Cc2ccc(N(CCO)CCO)cc2)O1. The Kier molecular flexibility index (Phi) is 8.99. The van der Waals surface area contributed by atoms with Crippen LogP contribution in [-0.4, -0.2) is 52.3 Å². The van der Waals surface area contributed by atoms with Gasteiger partial charge in [-0.05, 0) is 72.7 Å². The van der Waals surface area contributed by atoms with Crippen molar-refractivity contribution in [3.05, 3.63) is 124 Å². The first-order chi connectivity index (χ1) is 20.5. The van der Waals surface area contributed by atoms with Crippen LogP contribution < -0.4 is 4.90 Å². The highest BCUT2D eigenvalue weighted by molar-refractivity contribution is 7.19. The van der Waals surface area contributed by atoms with Gasteiger partial charge in [0.25, 0.3) is 0 Å². The number of nitrogens with zero attached hydrogens (tertiary/aromatic N) is 4. The van der Waals surface area contributed by atoms with Crippen molar-refractivity contribution in [2.75, 3.05) is 31.2 Å². The molecule has 8 nitrogen and oxygen atoms in total. The van der Waals surface area contributed by atoms with Crippen LogP contribution in [0.4, 0.5) is 5.69 Å². The zero-order valence-corrected chi connectivity index (χ0v) is 23.7. The standard InChI is InChI=1S/C33H28N4O4S/c1-22-18-25(31(32(40)24-10-12-35-13-11-24)33-36-28-4-2-3-5-30(28)42-33)20-29(41-22)26(21-34)19-23-6-8-27(9-7-23)37(14-16-38)15-17-39/h2-13,18-20,38-39H,14-17H2,1H3. The predicted octanol–water partition coefficient (Wildman–Crippen LogP) is 5.54. The lowest BCUT2D eigenvalue weighted by atomic mass is 9.96. The summed E-state index contributed by atoms with van der Waals surface area (Å²) >= 11 is 1.43. The van der Waals surface area contributed by atoms with Crippen molar-refractivity contribution < 1.29 is 19.7 Å². The van der Waals surface area contributed by atoms with Crippen molar-refractivity contribution >= 4 is 44.7 Å². The maximum absolute atomic E-state index is 13.9.